The van der Waals surface area contributed by atoms with Gasteiger partial charge in [-0.3, -0.25) is 0 Å². The first kappa shape index (κ1) is 28.9. The maximum Gasteiger partial charge on any atom is 0.0645 e. The molecule has 11 aromatic carbocycles. The molecule has 57 heavy (non-hydrogen) atoms. The average Bonchev–Trinajstić information content (AvgIpc) is 3.32. The Kier molecular flexibility index (Phi) is 6.93. The van der Waals surface area contributed by atoms with Gasteiger partial charge in [-0.05, 0) is 136 Å². The number of fused-ring (bicyclic) bond motifs is 7. The van der Waals surface area contributed by atoms with E-state index in [0.29, 0.717) is 11.3 Å². The number of anilines is 3. The van der Waals surface area contributed by atoms with Crippen LogP contribution in [0, 0.1) is 0 Å². The molecule has 0 radical (unpaired) electrons. The Morgan fingerprint density at radius 2 is 0.754 bits per heavy atom. The highest BCUT2D eigenvalue weighted by atomic mass is 15.1. The van der Waals surface area contributed by atoms with E-state index in [0.717, 1.165) is 60.3 Å². The van der Waals surface area contributed by atoms with Crippen molar-refractivity contribution in [2.24, 2.45) is 0 Å². The van der Waals surface area contributed by atoms with Gasteiger partial charge < -0.3 is 4.90 Å². The van der Waals surface area contributed by atoms with Gasteiger partial charge in [-0.2, -0.15) is 0 Å². The molecule has 0 saturated heterocycles. The molecule has 1 nitrogen and oxygen atoms in total. The average molecular weight is 728 g/mol. The van der Waals surface area contributed by atoms with Crippen molar-refractivity contribution in [3.8, 4) is 33.4 Å². The fourth-order valence-electron chi connectivity index (χ4n) is 8.59. The lowest BCUT2D eigenvalue weighted by Crippen LogP contribution is -2.10. The van der Waals surface area contributed by atoms with Gasteiger partial charge in [0, 0.05) is 17.1 Å². The molecule has 0 N–H and O–H groups in total. The standard InChI is InChI=1S/C56H37N/c1-4-19-47-38(13-1)16-12-26-48(47)39-27-31-44(32-28-39)57(45-33-29-40(30-34-45)55-36-42-14-2-5-20-49(42)51-22-7-9-24-53(51)55)46-18-11-17-41(35-46)56-37-43-15-3-6-21-50(43)52-23-8-10-25-54(52)56/h1-37H/i27D,28D,31D,32D. The summed E-state index contributed by atoms with van der Waals surface area (Å²) in [6.45, 7) is 0. The van der Waals surface area contributed by atoms with Crippen LogP contribution in [-0.4, -0.2) is 0 Å². The minimum atomic E-state index is -0.116. The minimum Gasteiger partial charge on any atom is -0.310 e. The molecule has 11 aromatic rings. The molecule has 0 aliphatic rings. The zero-order valence-electron chi connectivity index (χ0n) is 35.0. The van der Waals surface area contributed by atoms with Gasteiger partial charge in [-0.1, -0.05) is 176 Å². The molecule has 0 aliphatic heterocycles. The van der Waals surface area contributed by atoms with Crippen molar-refractivity contribution in [2.45, 2.75) is 0 Å². The van der Waals surface area contributed by atoms with Crippen molar-refractivity contribution in [1.29, 1.82) is 0 Å². The lowest BCUT2D eigenvalue weighted by atomic mass is 9.92. The normalized spacial score (nSPS) is 12.5. The van der Waals surface area contributed by atoms with Crippen LogP contribution in [0.3, 0.4) is 0 Å². The summed E-state index contributed by atoms with van der Waals surface area (Å²) in [6, 6.07) is 68.1. The van der Waals surface area contributed by atoms with Crippen LogP contribution in [-0.2, 0) is 0 Å². The van der Waals surface area contributed by atoms with E-state index >= 15 is 0 Å². The molecule has 0 bridgehead atoms. The van der Waals surface area contributed by atoms with Crippen LogP contribution in [0.4, 0.5) is 17.1 Å². The van der Waals surface area contributed by atoms with Crippen molar-refractivity contribution in [2.75, 3.05) is 4.90 Å². The summed E-state index contributed by atoms with van der Waals surface area (Å²) in [5.41, 5.74) is 6.77. The van der Waals surface area contributed by atoms with Gasteiger partial charge in [0.25, 0.3) is 0 Å². The van der Waals surface area contributed by atoms with Crippen LogP contribution in [0.25, 0.3) is 87.2 Å². The van der Waals surface area contributed by atoms with E-state index in [-0.39, 0.29) is 35.4 Å². The Balaban J connectivity index is 1.13. The summed E-state index contributed by atoms with van der Waals surface area (Å²) in [6.07, 6.45) is 0. The third kappa shape index (κ3) is 5.72. The Bertz CT molecular complexity index is 3500. The fourth-order valence-corrected chi connectivity index (χ4v) is 8.59. The van der Waals surface area contributed by atoms with Gasteiger partial charge in [0.1, 0.15) is 0 Å². The molecule has 0 spiro atoms. The largest absolute Gasteiger partial charge is 0.310 e. The van der Waals surface area contributed by atoms with Gasteiger partial charge in [0.2, 0.25) is 0 Å². The van der Waals surface area contributed by atoms with E-state index in [1.54, 1.807) is 0 Å². The highest BCUT2D eigenvalue weighted by Crippen LogP contribution is 2.42. The topological polar surface area (TPSA) is 3.24 Å². The van der Waals surface area contributed by atoms with Crippen molar-refractivity contribution < 1.29 is 5.48 Å². The molecule has 0 heterocycles. The molecule has 0 aliphatic carbocycles. The Morgan fingerprint density at radius 3 is 1.39 bits per heavy atom. The summed E-state index contributed by atoms with van der Waals surface area (Å²) < 4.78 is 38.4. The van der Waals surface area contributed by atoms with Gasteiger partial charge in [-0.15, -0.1) is 0 Å². The summed E-state index contributed by atoms with van der Waals surface area (Å²) in [5, 5.41) is 11.2. The van der Waals surface area contributed by atoms with Crippen molar-refractivity contribution >= 4 is 70.9 Å². The maximum absolute atomic E-state index is 9.69. The quantitative estimate of drug-likeness (QED) is 0.154. The SMILES string of the molecule is [2H]c1c([2H])c(N(c2ccc(-c3cc4ccccc4c4ccccc34)cc2)c2cccc(-c3cc4ccccc4c4ccccc34)c2)c([2H])c([2H])c1-c1cccc2ccccc12. The third-order valence-corrected chi connectivity index (χ3v) is 11.3. The van der Waals surface area contributed by atoms with Crippen LogP contribution in [0.15, 0.2) is 224 Å². The van der Waals surface area contributed by atoms with Crippen LogP contribution in [0.5, 0.6) is 0 Å². The number of rotatable bonds is 6. The number of hydrogen-bond donors (Lipinski definition) is 0. The first-order chi connectivity index (χ1) is 29.9. The van der Waals surface area contributed by atoms with E-state index in [9.17, 15) is 5.48 Å². The molecule has 0 fully saturated rings. The molecule has 0 unspecified atom stereocenters. The predicted octanol–water partition coefficient (Wildman–Crippen LogP) is 15.9. The van der Waals surface area contributed by atoms with Crippen LogP contribution < -0.4 is 4.90 Å². The van der Waals surface area contributed by atoms with Gasteiger partial charge >= 0.3 is 0 Å². The van der Waals surface area contributed by atoms with Gasteiger partial charge in [0.15, 0.2) is 0 Å². The molecule has 0 aromatic heterocycles. The van der Waals surface area contributed by atoms with Crippen molar-refractivity contribution in [3.05, 3.63) is 224 Å². The first-order valence-electron chi connectivity index (χ1n) is 21.3. The molecule has 11 rings (SSSR count). The van der Waals surface area contributed by atoms with Crippen LogP contribution in [0.1, 0.15) is 5.48 Å². The second-order valence-corrected chi connectivity index (χ2v) is 14.6. The fraction of sp³-hybridized carbons (Fsp3) is 0. The monoisotopic (exact) mass is 727 g/mol. The molecular weight excluding hydrogens is 687 g/mol. The zero-order chi connectivity index (χ0) is 41.2. The van der Waals surface area contributed by atoms with E-state index in [1.165, 1.54) is 21.5 Å². The maximum atomic E-state index is 9.69. The number of nitrogens with zero attached hydrogens (tertiary/aromatic N) is 1. The highest BCUT2D eigenvalue weighted by Gasteiger charge is 2.17. The Hall–Kier alpha value is -7.48. The highest BCUT2D eigenvalue weighted by molar-refractivity contribution is 6.15. The van der Waals surface area contributed by atoms with Crippen LogP contribution in [0.2, 0.25) is 0 Å². The van der Waals surface area contributed by atoms with Gasteiger partial charge in [-0.25, -0.2) is 0 Å². The molecular formula is C56H37N. The summed E-state index contributed by atoms with van der Waals surface area (Å²) >= 11 is 0. The van der Waals surface area contributed by atoms with E-state index < -0.39 is 0 Å². The summed E-state index contributed by atoms with van der Waals surface area (Å²) in [5.74, 6) is 0. The van der Waals surface area contributed by atoms with Crippen molar-refractivity contribution in [1.82, 2.24) is 0 Å². The summed E-state index contributed by atoms with van der Waals surface area (Å²) in [7, 11) is 0. The second kappa shape index (κ2) is 13.7. The Morgan fingerprint density at radius 1 is 0.263 bits per heavy atom. The van der Waals surface area contributed by atoms with Crippen LogP contribution >= 0.6 is 0 Å². The van der Waals surface area contributed by atoms with E-state index in [1.807, 2.05) is 71.6 Å². The van der Waals surface area contributed by atoms with Crippen molar-refractivity contribution in [3.63, 3.8) is 0 Å². The lowest BCUT2D eigenvalue weighted by molar-refractivity contribution is 1.28. The minimum absolute atomic E-state index is 0.0896. The Labute approximate surface area is 338 Å². The first-order valence-corrected chi connectivity index (χ1v) is 19.3. The second-order valence-electron chi connectivity index (χ2n) is 14.6. The molecule has 266 valence electrons. The summed E-state index contributed by atoms with van der Waals surface area (Å²) in [4.78, 5) is 1.89. The third-order valence-electron chi connectivity index (χ3n) is 11.3. The van der Waals surface area contributed by atoms with E-state index in [4.69, 9.17) is 0 Å². The lowest BCUT2D eigenvalue weighted by Gasteiger charge is -2.27. The molecule has 1 heteroatoms. The van der Waals surface area contributed by atoms with Gasteiger partial charge in [0.05, 0.1) is 5.48 Å². The smallest absolute Gasteiger partial charge is 0.0645 e. The molecule has 0 saturated carbocycles. The number of hydrogen-bond acceptors (Lipinski definition) is 1. The number of benzene rings is 11. The molecule has 0 amide bonds. The zero-order valence-corrected chi connectivity index (χ0v) is 31.0. The molecule has 0 atom stereocenters. The predicted molar refractivity (Wildman–Crippen MR) is 245 cm³/mol. The van der Waals surface area contributed by atoms with E-state index in [2.05, 4.69) is 133 Å².